The molecule has 0 unspecified atom stereocenters. The van der Waals surface area contributed by atoms with Gasteiger partial charge in [0.05, 0.1) is 0 Å². The highest BCUT2D eigenvalue weighted by Crippen LogP contribution is 2.27. The summed E-state index contributed by atoms with van der Waals surface area (Å²) >= 11 is 3.31. The fourth-order valence-corrected chi connectivity index (χ4v) is 3.23. The lowest BCUT2D eigenvalue weighted by Crippen LogP contribution is -2.15. The maximum Gasteiger partial charge on any atom is 0.208 e. The number of rotatable bonds is 5. The number of benzene rings is 1. The van der Waals surface area contributed by atoms with Crippen molar-refractivity contribution in [3.8, 4) is 10.7 Å². The molecule has 0 saturated heterocycles. The van der Waals surface area contributed by atoms with Gasteiger partial charge in [0.25, 0.3) is 0 Å². The molecule has 0 spiro atoms. The fraction of sp³-hybridized carbons (Fsp3) is 0.188. The second-order valence-corrected chi connectivity index (χ2v) is 6.64. The Morgan fingerprint density at radius 1 is 1.09 bits per heavy atom. The smallest absolute Gasteiger partial charge is 0.208 e. The van der Waals surface area contributed by atoms with Crippen molar-refractivity contribution in [2.45, 2.75) is 11.4 Å². The van der Waals surface area contributed by atoms with Gasteiger partial charge in [0.15, 0.2) is 5.01 Å². The van der Waals surface area contributed by atoms with E-state index in [9.17, 15) is 0 Å². The Morgan fingerprint density at radius 2 is 1.91 bits per heavy atom. The molecule has 3 rings (SSSR count). The van der Waals surface area contributed by atoms with E-state index in [1.807, 2.05) is 25.2 Å². The maximum atomic E-state index is 4.31. The second-order valence-electron chi connectivity index (χ2n) is 4.81. The lowest BCUT2D eigenvalue weighted by atomic mass is 10.2. The van der Waals surface area contributed by atoms with E-state index in [0.29, 0.717) is 0 Å². The molecule has 0 fully saturated rings. The van der Waals surface area contributed by atoms with E-state index >= 15 is 0 Å². The lowest BCUT2D eigenvalue weighted by Gasteiger charge is -2.15. The first-order valence-electron chi connectivity index (χ1n) is 6.85. The highest BCUT2D eigenvalue weighted by Gasteiger charge is 2.11. The van der Waals surface area contributed by atoms with Crippen LogP contribution in [0.15, 0.2) is 53.6 Å². The zero-order valence-corrected chi connectivity index (χ0v) is 14.1. The van der Waals surface area contributed by atoms with Crippen LogP contribution in [0.3, 0.4) is 0 Å². The van der Waals surface area contributed by atoms with E-state index in [1.165, 1.54) is 10.5 Å². The highest BCUT2D eigenvalue weighted by atomic mass is 32.2. The van der Waals surface area contributed by atoms with Crippen molar-refractivity contribution in [1.82, 2.24) is 15.2 Å². The van der Waals surface area contributed by atoms with Gasteiger partial charge in [-0.2, -0.15) is 0 Å². The number of nitrogens with zero attached hydrogens (tertiary/aromatic N) is 4. The predicted molar refractivity (Wildman–Crippen MR) is 93.5 cm³/mol. The summed E-state index contributed by atoms with van der Waals surface area (Å²) in [6, 6.07) is 14.4. The standard InChI is InChI=1S/C16H16N4S2/c1-20(11-12-6-8-13(21-2)9-7-12)16-19-18-15(22-16)14-5-3-4-10-17-14/h3-10H,11H2,1-2H3. The van der Waals surface area contributed by atoms with Crippen LogP contribution in [0.1, 0.15) is 5.56 Å². The van der Waals surface area contributed by atoms with Crippen LogP contribution in [-0.4, -0.2) is 28.5 Å². The maximum absolute atomic E-state index is 4.31. The molecule has 0 bridgehead atoms. The van der Waals surface area contributed by atoms with Gasteiger partial charge in [0.1, 0.15) is 5.69 Å². The molecule has 0 saturated carbocycles. The summed E-state index contributed by atoms with van der Waals surface area (Å²) in [4.78, 5) is 7.70. The summed E-state index contributed by atoms with van der Waals surface area (Å²) in [7, 11) is 2.03. The van der Waals surface area contributed by atoms with Crippen molar-refractivity contribution in [3.05, 3.63) is 54.2 Å². The Hall–Kier alpha value is -1.92. The largest absolute Gasteiger partial charge is 0.345 e. The Morgan fingerprint density at radius 3 is 2.59 bits per heavy atom. The zero-order chi connectivity index (χ0) is 15.4. The van der Waals surface area contributed by atoms with Gasteiger partial charge in [-0.05, 0) is 36.1 Å². The summed E-state index contributed by atoms with van der Waals surface area (Å²) < 4.78 is 0. The van der Waals surface area contributed by atoms with E-state index in [4.69, 9.17) is 0 Å². The number of hydrogen-bond donors (Lipinski definition) is 0. The molecule has 22 heavy (non-hydrogen) atoms. The zero-order valence-electron chi connectivity index (χ0n) is 12.4. The number of thioether (sulfide) groups is 1. The van der Waals surface area contributed by atoms with Crippen LogP contribution in [0.4, 0.5) is 5.13 Å². The number of hydrogen-bond acceptors (Lipinski definition) is 6. The van der Waals surface area contributed by atoms with Gasteiger partial charge in [-0.25, -0.2) is 0 Å². The van der Waals surface area contributed by atoms with Crippen molar-refractivity contribution < 1.29 is 0 Å². The summed E-state index contributed by atoms with van der Waals surface area (Å²) in [5.74, 6) is 0. The van der Waals surface area contributed by atoms with Crippen molar-refractivity contribution in [2.75, 3.05) is 18.2 Å². The predicted octanol–water partition coefficient (Wildman–Crippen LogP) is 3.96. The molecule has 6 heteroatoms. The monoisotopic (exact) mass is 328 g/mol. The Kier molecular flexibility index (Phi) is 4.70. The summed E-state index contributed by atoms with van der Waals surface area (Å²) in [6.45, 7) is 0.811. The minimum atomic E-state index is 0.811. The molecule has 4 nitrogen and oxygen atoms in total. The summed E-state index contributed by atoms with van der Waals surface area (Å²) in [6.07, 6.45) is 3.86. The summed E-state index contributed by atoms with van der Waals surface area (Å²) in [5.41, 5.74) is 2.12. The van der Waals surface area contributed by atoms with Gasteiger partial charge >= 0.3 is 0 Å². The van der Waals surface area contributed by atoms with Gasteiger partial charge in [-0.15, -0.1) is 22.0 Å². The molecular weight excluding hydrogens is 312 g/mol. The van der Waals surface area contributed by atoms with Crippen LogP contribution >= 0.6 is 23.1 Å². The molecule has 0 radical (unpaired) electrons. The molecule has 0 aliphatic heterocycles. The first-order chi connectivity index (χ1) is 10.8. The molecule has 0 atom stereocenters. The van der Waals surface area contributed by atoms with Crippen molar-refractivity contribution in [2.24, 2.45) is 0 Å². The third-order valence-corrected chi connectivity index (χ3v) is 5.01. The van der Waals surface area contributed by atoms with E-state index < -0.39 is 0 Å². The fourth-order valence-electron chi connectivity index (χ4n) is 2.03. The quantitative estimate of drug-likeness (QED) is 0.663. The van der Waals surface area contributed by atoms with Crippen LogP contribution in [0, 0.1) is 0 Å². The third-order valence-electron chi connectivity index (χ3n) is 3.20. The molecule has 0 aliphatic rings. The van der Waals surface area contributed by atoms with Gasteiger partial charge in [0, 0.05) is 24.7 Å². The minimum absolute atomic E-state index is 0.811. The molecule has 1 aromatic carbocycles. The molecule has 2 aromatic heterocycles. The van der Waals surface area contributed by atoms with Crippen LogP contribution in [0.25, 0.3) is 10.7 Å². The van der Waals surface area contributed by atoms with E-state index in [-0.39, 0.29) is 0 Å². The normalized spacial score (nSPS) is 10.6. The number of anilines is 1. The third kappa shape index (κ3) is 3.45. The van der Waals surface area contributed by atoms with Crippen LogP contribution in [0.5, 0.6) is 0 Å². The topological polar surface area (TPSA) is 41.9 Å². The molecule has 112 valence electrons. The molecular formula is C16H16N4S2. The van der Waals surface area contributed by atoms with Crippen LogP contribution < -0.4 is 4.90 Å². The van der Waals surface area contributed by atoms with Crippen molar-refractivity contribution in [1.29, 1.82) is 0 Å². The molecule has 2 heterocycles. The van der Waals surface area contributed by atoms with E-state index in [2.05, 4.69) is 50.6 Å². The Labute approximate surface area is 138 Å². The molecule has 0 amide bonds. The van der Waals surface area contributed by atoms with Crippen LogP contribution in [0.2, 0.25) is 0 Å². The van der Waals surface area contributed by atoms with E-state index in [1.54, 1.807) is 29.3 Å². The first-order valence-corrected chi connectivity index (χ1v) is 8.89. The highest BCUT2D eigenvalue weighted by molar-refractivity contribution is 7.98. The lowest BCUT2D eigenvalue weighted by molar-refractivity contribution is 0.893. The SMILES string of the molecule is CSc1ccc(CN(C)c2nnc(-c3ccccn3)s2)cc1. The van der Waals surface area contributed by atoms with Gasteiger partial charge in [-0.1, -0.05) is 29.5 Å². The van der Waals surface area contributed by atoms with Gasteiger partial charge in [0.2, 0.25) is 5.13 Å². The number of aromatic nitrogens is 3. The molecule has 0 aliphatic carbocycles. The van der Waals surface area contributed by atoms with Crippen LogP contribution in [-0.2, 0) is 6.54 Å². The Bertz CT molecular complexity index is 725. The second kappa shape index (κ2) is 6.89. The van der Waals surface area contributed by atoms with E-state index in [0.717, 1.165) is 22.4 Å². The van der Waals surface area contributed by atoms with Crippen molar-refractivity contribution >= 4 is 28.2 Å². The minimum Gasteiger partial charge on any atom is -0.345 e. The van der Waals surface area contributed by atoms with Crippen molar-refractivity contribution in [3.63, 3.8) is 0 Å². The average Bonchev–Trinajstić information content (AvgIpc) is 3.06. The van der Waals surface area contributed by atoms with Gasteiger partial charge in [-0.3, -0.25) is 4.98 Å². The number of pyridine rings is 1. The summed E-state index contributed by atoms with van der Waals surface area (Å²) in [5, 5.41) is 10.3. The first kappa shape index (κ1) is 15.0. The Balaban J connectivity index is 1.72. The average molecular weight is 328 g/mol. The van der Waals surface area contributed by atoms with Gasteiger partial charge < -0.3 is 4.90 Å². The molecule has 0 N–H and O–H groups in total. The molecule has 3 aromatic rings.